The molecule has 0 spiro atoms. The van der Waals surface area contributed by atoms with Crippen molar-refractivity contribution in [1.82, 2.24) is 5.32 Å². The van der Waals surface area contributed by atoms with Crippen LogP contribution in [0.4, 0.5) is 13.2 Å². The van der Waals surface area contributed by atoms with Crippen LogP contribution in [0.1, 0.15) is 24.6 Å². The normalized spacial score (nSPS) is 19.7. The van der Waals surface area contributed by atoms with Gasteiger partial charge in [0, 0.05) is 5.56 Å². The van der Waals surface area contributed by atoms with Crippen LogP contribution >= 0.6 is 0 Å². The Balaban J connectivity index is 2.19. The number of halogens is 3. The molecule has 1 aromatic rings. The number of piperidine rings is 1. The van der Waals surface area contributed by atoms with E-state index in [1.54, 1.807) is 0 Å². The third-order valence-electron chi connectivity index (χ3n) is 3.08. The minimum atomic E-state index is -1.40. The Morgan fingerprint density at radius 3 is 2.56 bits per heavy atom. The van der Waals surface area contributed by atoms with Crippen molar-refractivity contribution in [2.45, 2.75) is 19.0 Å². The lowest BCUT2D eigenvalue weighted by atomic mass is 9.89. The van der Waals surface area contributed by atoms with E-state index in [1.165, 1.54) is 12.1 Å². The summed E-state index contributed by atoms with van der Waals surface area (Å²) < 4.78 is 40.4. The van der Waals surface area contributed by atoms with Crippen molar-refractivity contribution in [1.29, 1.82) is 0 Å². The van der Waals surface area contributed by atoms with Crippen LogP contribution in [0.5, 0.6) is 0 Å². The van der Waals surface area contributed by atoms with Gasteiger partial charge in [-0.05, 0) is 37.9 Å². The van der Waals surface area contributed by atoms with E-state index in [9.17, 15) is 13.2 Å². The molecule has 1 saturated heterocycles. The highest BCUT2D eigenvalue weighted by molar-refractivity contribution is 5.22. The molecule has 1 fully saturated rings. The first-order valence-corrected chi connectivity index (χ1v) is 5.49. The van der Waals surface area contributed by atoms with Crippen LogP contribution in [0.2, 0.25) is 0 Å². The second kappa shape index (κ2) is 4.87. The van der Waals surface area contributed by atoms with Gasteiger partial charge in [0.1, 0.15) is 6.17 Å². The summed E-state index contributed by atoms with van der Waals surface area (Å²) in [5, 5.41) is 3.11. The smallest absolute Gasteiger partial charge is 0.164 e. The molecule has 0 aliphatic carbocycles. The van der Waals surface area contributed by atoms with Crippen molar-refractivity contribution in [2.24, 2.45) is 5.92 Å². The molecule has 1 N–H and O–H groups in total. The molecule has 1 heterocycles. The molecule has 88 valence electrons. The average molecular weight is 229 g/mol. The Morgan fingerprint density at radius 1 is 1.19 bits per heavy atom. The van der Waals surface area contributed by atoms with Crippen LogP contribution < -0.4 is 5.32 Å². The highest BCUT2D eigenvalue weighted by Crippen LogP contribution is 2.34. The first kappa shape index (κ1) is 11.5. The molecule has 0 amide bonds. The van der Waals surface area contributed by atoms with Gasteiger partial charge in [0.25, 0.3) is 0 Å². The number of hydrogen-bond donors (Lipinski definition) is 1. The maximum atomic E-state index is 14.0. The van der Waals surface area contributed by atoms with E-state index in [4.69, 9.17) is 0 Å². The van der Waals surface area contributed by atoms with Crippen molar-refractivity contribution >= 4 is 0 Å². The molecule has 1 unspecified atom stereocenters. The summed E-state index contributed by atoms with van der Waals surface area (Å²) in [7, 11) is 0. The molecule has 1 aromatic carbocycles. The quantitative estimate of drug-likeness (QED) is 0.822. The Hall–Kier alpha value is -1.03. The lowest BCUT2D eigenvalue weighted by molar-refractivity contribution is 0.184. The predicted octanol–water partition coefficient (Wildman–Crippen LogP) is 2.98. The molecule has 0 aromatic heterocycles. The zero-order chi connectivity index (χ0) is 11.5. The number of nitrogens with one attached hydrogen (secondary N) is 1. The summed E-state index contributed by atoms with van der Waals surface area (Å²) in [5.41, 5.74) is -0.146. The molecular weight excluding hydrogens is 215 g/mol. The summed E-state index contributed by atoms with van der Waals surface area (Å²) in [6.07, 6.45) is -0.0772. The van der Waals surface area contributed by atoms with E-state index in [-0.39, 0.29) is 11.5 Å². The summed E-state index contributed by atoms with van der Waals surface area (Å²) >= 11 is 0. The molecule has 1 atom stereocenters. The topological polar surface area (TPSA) is 12.0 Å². The molecule has 2 rings (SSSR count). The highest BCUT2D eigenvalue weighted by Gasteiger charge is 2.27. The second-order valence-electron chi connectivity index (χ2n) is 4.13. The SMILES string of the molecule is Fc1cccc(C(F)C2CCNCC2)c1F. The summed E-state index contributed by atoms with van der Waals surface area (Å²) in [4.78, 5) is 0. The minimum Gasteiger partial charge on any atom is -0.317 e. The fourth-order valence-corrected chi connectivity index (χ4v) is 2.12. The molecule has 4 heteroatoms. The maximum Gasteiger partial charge on any atom is 0.164 e. The van der Waals surface area contributed by atoms with Crippen LogP contribution in [-0.4, -0.2) is 13.1 Å². The van der Waals surface area contributed by atoms with E-state index in [2.05, 4.69) is 5.32 Å². The zero-order valence-corrected chi connectivity index (χ0v) is 8.85. The zero-order valence-electron chi connectivity index (χ0n) is 8.85. The van der Waals surface area contributed by atoms with Gasteiger partial charge in [-0.1, -0.05) is 12.1 Å². The van der Waals surface area contributed by atoms with Gasteiger partial charge in [-0.3, -0.25) is 0 Å². The molecule has 0 saturated carbocycles. The monoisotopic (exact) mass is 229 g/mol. The fraction of sp³-hybridized carbons (Fsp3) is 0.500. The maximum absolute atomic E-state index is 14.0. The van der Waals surface area contributed by atoms with Gasteiger partial charge < -0.3 is 5.32 Å². The average Bonchev–Trinajstić information content (AvgIpc) is 2.33. The van der Waals surface area contributed by atoms with Gasteiger partial charge in [0.15, 0.2) is 11.6 Å². The third-order valence-corrected chi connectivity index (χ3v) is 3.08. The molecule has 0 radical (unpaired) electrons. The third kappa shape index (κ3) is 2.21. The first-order valence-electron chi connectivity index (χ1n) is 5.49. The Labute approximate surface area is 92.7 Å². The molecule has 1 nitrogen and oxygen atoms in total. The molecular formula is C12H14F3N. The summed E-state index contributed by atoms with van der Waals surface area (Å²) in [5.74, 6) is -2.24. The van der Waals surface area contributed by atoms with Crippen LogP contribution in [0.3, 0.4) is 0 Å². The number of rotatable bonds is 2. The Kier molecular flexibility index (Phi) is 3.49. The van der Waals surface area contributed by atoms with Gasteiger partial charge in [-0.15, -0.1) is 0 Å². The molecule has 16 heavy (non-hydrogen) atoms. The van der Waals surface area contributed by atoms with Crippen molar-refractivity contribution in [3.63, 3.8) is 0 Å². The van der Waals surface area contributed by atoms with Gasteiger partial charge in [-0.2, -0.15) is 0 Å². The summed E-state index contributed by atoms with van der Waals surface area (Å²) in [6.45, 7) is 1.48. The van der Waals surface area contributed by atoms with E-state index < -0.39 is 17.8 Å². The van der Waals surface area contributed by atoms with E-state index in [1.807, 2.05) is 0 Å². The van der Waals surface area contributed by atoms with Crippen LogP contribution in [-0.2, 0) is 0 Å². The van der Waals surface area contributed by atoms with E-state index in [0.29, 0.717) is 12.8 Å². The van der Waals surface area contributed by atoms with Gasteiger partial charge >= 0.3 is 0 Å². The van der Waals surface area contributed by atoms with Crippen molar-refractivity contribution < 1.29 is 13.2 Å². The van der Waals surface area contributed by atoms with Gasteiger partial charge in [0.2, 0.25) is 0 Å². The largest absolute Gasteiger partial charge is 0.317 e. The Morgan fingerprint density at radius 2 is 1.88 bits per heavy atom. The molecule has 0 bridgehead atoms. The van der Waals surface area contributed by atoms with Crippen LogP contribution in [0, 0.1) is 17.6 Å². The van der Waals surface area contributed by atoms with Crippen molar-refractivity contribution in [2.75, 3.05) is 13.1 Å². The van der Waals surface area contributed by atoms with E-state index >= 15 is 0 Å². The van der Waals surface area contributed by atoms with Gasteiger partial charge in [-0.25, -0.2) is 13.2 Å². The summed E-state index contributed by atoms with van der Waals surface area (Å²) in [6, 6.07) is 3.68. The van der Waals surface area contributed by atoms with Crippen molar-refractivity contribution in [3.8, 4) is 0 Å². The van der Waals surface area contributed by atoms with Crippen molar-refractivity contribution in [3.05, 3.63) is 35.4 Å². The number of benzene rings is 1. The Bertz CT molecular complexity index is 361. The molecule has 1 aliphatic rings. The second-order valence-corrected chi connectivity index (χ2v) is 4.13. The first-order chi connectivity index (χ1) is 7.70. The minimum absolute atomic E-state index is 0.146. The van der Waals surface area contributed by atoms with Crippen LogP contribution in [0.15, 0.2) is 18.2 Å². The predicted molar refractivity (Wildman–Crippen MR) is 55.8 cm³/mol. The number of alkyl halides is 1. The standard InChI is InChI=1S/C12H14F3N/c13-10-3-1-2-9(12(10)15)11(14)8-4-6-16-7-5-8/h1-3,8,11,16H,4-7H2. The van der Waals surface area contributed by atoms with E-state index in [0.717, 1.165) is 19.2 Å². The van der Waals surface area contributed by atoms with Crippen LogP contribution in [0.25, 0.3) is 0 Å². The molecule has 1 aliphatic heterocycles. The van der Waals surface area contributed by atoms with Gasteiger partial charge in [0.05, 0.1) is 0 Å². The number of hydrogen-bond acceptors (Lipinski definition) is 1. The lowest BCUT2D eigenvalue weighted by Gasteiger charge is -2.26. The highest BCUT2D eigenvalue weighted by atomic mass is 19.2. The lowest BCUT2D eigenvalue weighted by Crippen LogP contribution is -2.30. The fourth-order valence-electron chi connectivity index (χ4n) is 2.12.